The predicted octanol–water partition coefficient (Wildman–Crippen LogP) is 1.36. The van der Waals surface area contributed by atoms with Crippen molar-refractivity contribution < 1.29 is 8.42 Å². The van der Waals surface area contributed by atoms with Crippen molar-refractivity contribution in [3.63, 3.8) is 0 Å². The van der Waals surface area contributed by atoms with Crippen LogP contribution in [-0.2, 0) is 16.4 Å². The molecule has 0 radical (unpaired) electrons. The van der Waals surface area contributed by atoms with Crippen LogP contribution in [0.2, 0.25) is 0 Å². The molecule has 16 heavy (non-hydrogen) atoms. The molecule has 0 aliphatic heterocycles. The summed E-state index contributed by atoms with van der Waals surface area (Å²) in [5.41, 5.74) is 0. The molecule has 0 amide bonds. The lowest BCUT2D eigenvalue weighted by Gasteiger charge is -2.12. The highest BCUT2D eigenvalue weighted by atomic mass is 32.2. The standard InChI is InChI=1S/C10H18N2O2S2/c1-4-16(13,14)7-8(2)11-5-10-6-12-9(3)15-10/h6,8,11H,4-5,7H2,1-3H3. The van der Waals surface area contributed by atoms with Gasteiger partial charge in [0.15, 0.2) is 9.84 Å². The van der Waals surface area contributed by atoms with E-state index in [0.29, 0.717) is 6.54 Å². The van der Waals surface area contributed by atoms with E-state index in [9.17, 15) is 8.42 Å². The molecule has 0 spiro atoms. The third kappa shape index (κ3) is 4.59. The highest BCUT2D eigenvalue weighted by Gasteiger charge is 2.13. The van der Waals surface area contributed by atoms with Crippen molar-refractivity contribution in [1.29, 1.82) is 0 Å². The lowest BCUT2D eigenvalue weighted by Crippen LogP contribution is -2.32. The van der Waals surface area contributed by atoms with Gasteiger partial charge >= 0.3 is 0 Å². The van der Waals surface area contributed by atoms with E-state index in [2.05, 4.69) is 10.3 Å². The van der Waals surface area contributed by atoms with Crippen LogP contribution in [0, 0.1) is 6.92 Å². The largest absolute Gasteiger partial charge is 0.308 e. The third-order valence-corrected chi connectivity index (χ3v) is 5.04. The Morgan fingerprint density at radius 1 is 1.56 bits per heavy atom. The molecule has 1 rings (SSSR count). The molecule has 92 valence electrons. The fourth-order valence-electron chi connectivity index (χ4n) is 1.32. The average molecular weight is 262 g/mol. The zero-order valence-electron chi connectivity index (χ0n) is 9.86. The van der Waals surface area contributed by atoms with Crippen molar-refractivity contribution >= 4 is 21.2 Å². The van der Waals surface area contributed by atoms with Crippen LogP contribution in [0.5, 0.6) is 0 Å². The van der Waals surface area contributed by atoms with Gasteiger partial charge in [-0.15, -0.1) is 11.3 Å². The summed E-state index contributed by atoms with van der Waals surface area (Å²) in [4.78, 5) is 5.28. The van der Waals surface area contributed by atoms with Gasteiger partial charge in [-0.05, 0) is 13.8 Å². The van der Waals surface area contributed by atoms with Crippen LogP contribution in [0.15, 0.2) is 6.20 Å². The van der Waals surface area contributed by atoms with E-state index in [1.165, 1.54) is 0 Å². The Balaban J connectivity index is 2.39. The Morgan fingerprint density at radius 2 is 2.25 bits per heavy atom. The molecule has 1 aromatic rings. The molecule has 1 heterocycles. The first kappa shape index (κ1) is 13.6. The molecule has 1 aromatic heterocycles. The van der Waals surface area contributed by atoms with Crippen LogP contribution in [0.1, 0.15) is 23.7 Å². The lowest BCUT2D eigenvalue weighted by atomic mass is 10.4. The topological polar surface area (TPSA) is 59.1 Å². The van der Waals surface area contributed by atoms with Crippen LogP contribution in [0.3, 0.4) is 0 Å². The summed E-state index contributed by atoms with van der Waals surface area (Å²) in [6, 6.07) is -0.0210. The van der Waals surface area contributed by atoms with Gasteiger partial charge in [0, 0.05) is 29.4 Å². The average Bonchev–Trinajstić information content (AvgIpc) is 2.61. The number of thiazole rings is 1. The van der Waals surface area contributed by atoms with Crippen molar-refractivity contribution in [2.45, 2.75) is 33.4 Å². The quantitative estimate of drug-likeness (QED) is 0.841. The first-order chi connectivity index (χ1) is 7.43. The van der Waals surface area contributed by atoms with E-state index >= 15 is 0 Å². The van der Waals surface area contributed by atoms with E-state index in [-0.39, 0.29) is 17.5 Å². The molecule has 0 aromatic carbocycles. The van der Waals surface area contributed by atoms with E-state index in [0.717, 1.165) is 9.88 Å². The van der Waals surface area contributed by atoms with Crippen LogP contribution < -0.4 is 5.32 Å². The second-order valence-electron chi connectivity index (χ2n) is 3.83. The second-order valence-corrected chi connectivity index (χ2v) is 7.54. The molecule has 1 unspecified atom stereocenters. The molecular weight excluding hydrogens is 244 g/mol. The Bertz CT molecular complexity index is 426. The maximum Gasteiger partial charge on any atom is 0.151 e. The predicted molar refractivity (Wildman–Crippen MR) is 67.5 cm³/mol. The summed E-state index contributed by atoms with van der Waals surface area (Å²) < 4.78 is 22.8. The highest BCUT2D eigenvalue weighted by Crippen LogP contribution is 2.11. The van der Waals surface area contributed by atoms with Gasteiger partial charge in [-0.3, -0.25) is 0 Å². The second kappa shape index (κ2) is 5.75. The lowest BCUT2D eigenvalue weighted by molar-refractivity contribution is 0.559. The fourth-order valence-corrected chi connectivity index (χ4v) is 3.18. The van der Waals surface area contributed by atoms with E-state index in [1.807, 2.05) is 20.0 Å². The number of hydrogen-bond donors (Lipinski definition) is 1. The Kier molecular flexibility index (Phi) is 4.89. The van der Waals surface area contributed by atoms with Gasteiger partial charge in [-0.2, -0.15) is 0 Å². The smallest absolute Gasteiger partial charge is 0.151 e. The summed E-state index contributed by atoms with van der Waals surface area (Å²) in [5, 5.41) is 4.23. The zero-order valence-corrected chi connectivity index (χ0v) is 11.5. The van der Waals surface area contributed by atoms with E-state index in [1.54, 1.807) is 18.3 Å². The van der Waals surface area contributed by atoms with Gasteiger partial charge in [0.1, 0.15) is 0 Å². The van der Waals surface area contributed by atoms with Crippen LogP contribution in [0.25, 0.3) is 0 Å². The molecular formula is C10H18N2O2S2. The van der Waals surface area contributed by atoms with Crippen molar-refractivity contribution in [2.75, 3.05) is 11.5 Å². The Hall–Kier alpha value is -0.460. The normalized spacial score (nSPS) is 13.9. The monoisotopic (exact) mass is 262 g/mol. The summed E-state index contributed by atoms with van der Waals surface area (Å²) in [5.74, 6) is 0.403. The molecule has 0 fully saturated rings. The van der Waals surface area contributed by atoms with Crippen molar-refractivity contribution in [3.05, 3.63) is 16.1 Å². The third-order valence-electron chi connectivity index (χ3n) is 2.24. The number of aryl methyl sites for hydroxylation is 1. The number of aromatic nitrogens is 1. The van der Waals surface area contributed by atoms with Gasteiger partial charge < -0.3 is 5.32 Å². The minimum absolute atomic E-state index is 0.0210. The maximum absolute atomic E-state index is 11.4. The number of hydrogen-bond acceptors (Lipinski definition) is 5. The van der Waals surface area contributed by atoms with Crippen molar-refractivity contribution in [3.8, 4) is 0 Å². The molecule has 1 atom stereocenters. The SMILES string of the molecule is CCS(=O)(=O)CC(C)NCc1cnc(C)s1. The van der Waals surface area contributed by atoms with Gasteiger partial charge in [0.25, 0.3) is 0 Å². The minimum atomic E-state index is -2.89. The van der Waals surface area contributed by atoms with Crippen LogP contribution in [-0.4, -0.2) is 30.9 Å². The molecule has 0 aliphatic rings. The maximum atomic E-state index is 11.4. The molecule has 6 heteroatoms. The summed E-state index contributed by atoms with van der Waals surface area (Å²) in [6.45, 7) is 6.21. The zero-order chi connectivity index (χ0) is 12.2. The van der Waals surface area contributed by atoms with E-state index in [4.69, 9.17) is 0 Å². The first-order valence-electron chi connectivity index (χ1n) is 5.28. The molecule has 0 bridgehead atoms. The first-order valence-corrected chi connectivity index (χ1v) is 7.92. The summed E-state index contributed by atoms with van der Waals surface area (Å²) >= 11 is 1.63. The summed E-state index contributed by atoms with van der Waals surface area (Å²) in [7, 11) is -2.89. The number of nitrogens with zero attached hydrogens (tertiary/aromatic N) is 1. The van der Waals surface area contributed by atoms with Crippen LogP contribution in [0.4, 0.5) is 0 Å². The number of rotatable bonds is 6. The Labute approximate surface area is 101 Å². The molecule has 0 aliphatic carbocycles. The minimum Gasteiger partial charge on any atom is -0.308 e. The molecule has 0 saturated carbocycles. The van der Waals surface area contributed by atoms with Crippen molar-refractivity contribution in [2.24, 2.45) is 0 Å². The van der Waals surface area contributed by atoms with E-state index < -0.39 is 9.84 Å². The Morgan fingerprint density at radius 3 is 2.75 bits per heavy atom. The van der Waals surface area contributed by atoms with Crippen molar-refractivity contribution in [1.82, 2.24) is 10.3 Å². The number of sulfone groups is 1. The highest BCUT2D eigenvalue weighted by molar-refractivity contribution is 7.91. The molecule has 4 nitrogen and oxygen atoms in total. The van der Waals surface area contributed by atoms with Gasteiger partial charge in [-0.1, -0.05) is 6.92 Å². The molecule has 0 saturated heterocycles. The van der Waals surface area contributed by atoms with Gasteiger partial charge in [0.2, 0.25) is 0 Å². The fraction of sp³-hybridized carbons (Fsp3) is 0.700. The number of nitrogens with one attached hydrogen (secondary N) is 1. The van der Waals surface area contributed by atoms with Gasteiger partial charge in [0.05, 0.1) is 10.8 Å². The molecule has 1 N–H and O–H groups in total. The summed E-state index contributed by atoms with van der Waals surface area (Å²) in [6.07, 6.45) is 1.83. The van der Waals surface area contributed by atoms with Crippen LogP contribution >= 0.6 is 11.3 Å². The van der Waals surface area contributed by atoms with Gasteiger partial charge in [-0.25, -0.2) is 13.4 Å².